The number of likely N-dealkylation sites (tertiary alicyclic amines) is 1. The minimum Gasteiger partial charge on any atom is -0.497 e. The molecule has 2 aliphatic heterocycles. The van der Waals surface area contributed by atoms with Gasteiger partial charge in [0.05, 0.1) is 7.11 Å². The predicted molar refractivity (Wildman–Crippen MR) is 133 cm³/mol. The van der Waals surface area contributed by atoms with Crippen LogP contribution in [0.4, 0.5) is 5.69 Å². The molecule has 0 unspecified atom stereocenters. The summed E-state index contributed by atoms with van der Waals surface area (Å²) in [7, 11) is 1.60. The summed E-state index contributed by atoms with van der Waals surface area (Å²) in [5.74, 6) is -0.0253. The Balaban J connectivity index is 1.28. The molecule has 2 aromatic carbocycles. The molecule has 1 saturated heterocycles. The third kappa shape index (κ3) is 6.17. The van der Waals surface area contributed by atoms with E-state index in [0.717, 1.165) is 42.4 Å². The van der Waals surface area contributed by atoms with Crippen LogP contribution in [0.15, 0.2) is 53.5 Å². The van der Waals surface area contributed by atoms with E-state index in [-0.39, 0.29) is 24.1 Å². The fraction of sp³-hybridized carbons (Fsp3) is 0.360. The van der Waals surface area contributed by atoms with E-state index in [2.05, 4.69) is 20.5 Å². The maximum Gasteiger partial charge on any atom is 0.262 e. The van der Waals surface area contributed by atoms with E-state index in [1.54, 1.807) is 31.4 Å². The summed E-state index contributed by atoms with van der Waals surface area (Å²) in [6.07, 6.45) is 3.44. The molecule has 1 atom stereocenters. The Morgan fingerprint density at radius 2 is 1.88 bits per heavy atom. The number of hydrogen-bond acceptors (Lipinski definition) is 6. The van der Waals surface area contributed by atoms with Gasteiger partial charge in [0.2, 0.25) is 5.91 Å². The maximum atomic E-state index is 12.6. The zero-order valence-electron chi connectivity index (χ0n) is 19.1. The molecule has 4 rings (SSSR count). The molecule has 0 radical (unpaired) electrons. The second-order valence-corrected chi connectivity index (χ2v) is 9.42. The standard InChI is InChI=1S/C25H28N4O4S/c1-33-20-10-8-17(9-11-20)16-26-23(31)18-6-5-7-19(14-18)27-22(30)15-21-24(32)28-25(34-21)29-12-3-2-4-13-29/h5-11,14,21H,2-4,12-13,15-16H2,1H3,(H,26,31)(H,27,30)/t21-/m0/s1. The van der Waals surface area contributed by atoms with Gasteiger partial charge in [0.15, 0.2) is 5.17 Å². The summed E-state index contributed by atoms with van der Waals surface area (Å²) >= 11 is 1.37. The first kappa shape index (κ1) is 23.8. The van der Waals surface area contributed by atoms with E-state index >= 15 is 0 Å². The number of nitrogens with one attached hydrogen (secondary N) is 2. The molecule has 2 N–H and O–H groups in total. The molecule has 34 heavy (non-hydrogen) atoms. The van der Waals surface area contributed by atoms with E-state index in [1.807, 2.05) is 24.3 Å². The van der Waals surface area contributed by atoms with Crippen molar-refractivity contribution in [2.24, 2.45) is 4.99 Å². The number of hydrogen-bond donors (Lipinski definition) is 2. The van der Waals surface area contributed by atoms with Gasteiger partial charge in [0, 0.05) is 37.3 Å². The summed E-state index contributed by atoms with van der Waals surface area (Å²) < 4.78 is 5.14. The van der Waals surface area contributed by atoms with E-state index in [9.17, 15) is 14.4 Å². The van der Waals surface area contributed by atoms with Crippen molar-refractivity contribution in [3.8, 4) is 5.75 Å². The Kier molecular flexibility index (Phi) is 7.84. The largest absolute Gasteiger partial charge is 0.497 e. The number of aliphatic imine (C=N–C) groups is 1. The van der Waals surface area contributed by atoms with E-state index in [0.29, 0.717) is 17.8 Å². The van der Waals surface area contributed by atoms with Crippen molar-refractivity contribution >= 4 is 40.3 Å². The lowest BCUT2D eigenvalue weighted by Gasteiger charge is -2.27. The van der Waals surface area contributed by atoms with Crippen molar-refractivity contribution in [2.75, 3.05) is 25.5 Å². The van der Waals surface area contributed by atoms with Gasteiger partial charge in [0.25, 0.3) is 11.8 Å². The summed E-state index contributed by atoms with van der Waals surface area (Å²) in [6, 6.07) is 14.2. The van der Waals surface area contributed by atoms with Crippen molar-refractivity contribution in [3.63, 3.8) is 0 Å². The average molecular weight is 481 g/mol. The number of thioether (sulfide) groups is 1. The van der Waals surface area contributed by atoms with Crippen molar-refractivity contribution in [3.05, 3.63) is 59.7 Å². The average Bonchev–Trinajstić information content (AvgIpc) is 3.23. The molecule has 8 nitrogen and oxygen atoms in total. The first-order valence-electron chi connectivity index (χ1n) is 11.4. The van der Waals surface area contributed by atoms with Gasteiger partial charge in [-0.1, -0.05) is 30.0 Å². The van der Waals surface area contributed by atoms with Gasteiger partial charge in [-0.15, -0.1) is 0 Å². The summed E-state index contributed by atoms with van der Waals surface area (Å²) in [5.41, 5.74) is 1.89. The lowest BCUT2D eigenvalue weighted by molar-refractivity contribution is -0.121. The Hall–Kier alpha value is -3.33. The first-order valence-corrected chi connectivity index (χ1v) is 12.2. The number of amides is 3. The number of methoxy groups -OCH3 is 1. The minimum absolute atomic E-state index is 0.0399. The molecule has 0 bridgehead atoms. The van der Waals surface area contributed by atoms with Crippen LogP contribution in [0.3, 0.4) is 0 Å². The van der Waals surface area contributed by atoms with Crippen LogP contribution in [0.2, 0.25) is 0 Å². The Bertz CT molecular complexity index is 1080. The van der Waals surface area contributed by atoms with E-state index in [1.165, 1.54) is 18.2 Å². The van der Waals surface area contributed by atoms with Gasteiger partial charge in [-0.2, -0.15) is 4.99 Å². The minimum atomic E-state index is -0.507. The number of ether oxygens (including phenoxy) is 1. The molecule has 2 aromatic rings. The molecule has 3 amide bonds. The lowest BCUT2D eigenvalue weighted by Crippen LogP contribution is -2.33. The summed E-state index contributed by atoms with van der Waals surface area (Å²) in [4.78, 5) is 43.8. The van der Waals surface area contributed by atoms with Gasteiger partial charge in [-0.25, -0.2) is 0 Å². The Labute approximate surface area is 203 Å². The molecule has 2 heterocycles. The quantitative estimate of drug-likeness (QED) is 0.630. The van der Waals surface area contributed by atoms with Crippen LogP contribution in [0, 0.1) is 0 Å². The summed E-state index contributed by atoms with van der Waals surface area (Å²) in [5, 5.41) is 5.90. The first-order chi connectivity index (χ1) is 16.5. The highest BCUT2D eigenvalue weighted by Crippen LogP contribution is 2.29. The van der Waals surface area contributed by atoms with Crippen molar-refractivity contribution < 1.29 is 19.1 Å². The van der Waals surface area contributed by atoms with Crippen LogP contribution in [0.1, 0.15) is 41.6 Å². The number of carbonyl (C=O) groups is 3. The zero-order chi connectivity index (χ0) is 23.9. The van der Waals surface area contributed by atoms with Crippen molar-refractivity contribution in [1.29, 1.82) is 0 Å². The second kappa shape index (κ2) is 11.2. The van der Waals surface area contributed by atoms with Gasteiger partial charge in [-0.3, -0.25) is 14.4 Å². The fourth-order valence-corrected chi connectivity index (χ4v) is 4.99. The summed E-state index contributed by atoms with van der Waals surface area (Å²) in [6.45, 7) is 2.19. The Morgan fingerprint density at radius 3 is 2.62 bits per heavy atom. The molecular weight excluding hydrogens is 452 g/mol. The van der Waals surface area contributed by atoms with Crippen LogP contribution in [-0.4, -0.2) is 53.2 Å². The number of nitrogens with zero attached hydrogens (tertiary/aromatic N) is 2. The van der Waals surface area contributed by atoms with Crippen LogP contribution >= 0.6 is 11.8 Å². The smallest absolute Gasteiger partial charge is 0.262 e. The third-order valence-corrected chi connectivity index (χ3v) is 6.96. The highest BCUT2D eigenvalue weighted by molar-refractivity contribution is 8.15. The molecule has 178 valence electrons. The maximum absolute atomic E-state index is 12.6. The number of carbonyl (C=O) groups excluding carboxylic acids is 3. The highest BCUT2D eigenvalue weighted by atomic mass is 32.2. The zero-order valence-corrected chi connectivity index (χ0v) is 19.9. The molecule has 0 aromatic heterocycles. The molecule has 9 heteroatoms. The van der Waals surface area contributed by atoms with Gasteiger partial charge >= 0.3 is 0 Å². The van der Waals surface area contributed by atoms with Crippen LogP contribution in [0.5, 0.6) is 5.75 Å². The van der Waals surface area contributed by atoms with E-state index in [4.69, 9.17) is 4.74 Å². The number of anilines is 1. The van der Waals surface area contributed by atoms with Crippen LogP contribution in [-0.2, 0) is 16.1 Å². The number of amidine groups is 1. The predicted octanol–water partition coefficient (Wildman–Crippen LogP) is 3.44. The number of benzene rings is 2. The number of rotatable bonds is 7. The monoisotopic (exact) mass is 480 g/mol. The molecule has 0 saturated carbocycles. The topological polar surface area (TPSA) is 100 Å². The molecule has 0 spiro atoms. The van der Waals surface area contributed by atoms with Crippen LogP contribution < -0.4 is 15.4 Å². The third-order valence-electron chi connectivity index (χ3n) is 5.75. The molecular formula is C25H28N4O4S. The van der Waals surface area contributed by atoms with Gasteiger partial charge in [-0.05, 0) is 55.2 Å². The second-order valence-electron chi connectivity index (χ2n) is 8.25. The van der Waals surface area contributed by atoms with E-state index < -0.39 is 5.25 Å². The molecule has 2 aliphatic rings. The van der Waals surface area contributed by atoms with Gasteiger partial charge < -0.3 is 20.3 Å². The SMILES string of the molecule is COc1ccc(CNC(=O)c2cccc(NC(=O)C[C@@H]3SC(N4CCCCC4)=NC3=O)c2)cc1. The Morgan fingerprint density at radius 1 is 1.12 bits per heavy atom. The molecule has 1 fully saturated rings. The van der Waals surface area contributed by atoms with Crippen LogP contribution in [0.25, 0.3) is 0 Å². The number of piperidine rings is 1. The van der Waals surface area contributed by atoms with Crippen molar-refractivity contribution in [2.45, 2.75) is 37.5 Å². The fourth-order valence-electron chi connectivity index (χ4n) is 3.88. The highest BCUT2D eigenvalue weighted by Gasteiger charge is 2.33. The van der Waals surface area contributed by atoms with Gasteiger partial charge in [0.1, 0.15) is 11.0 Å². The normalized spacial score (nSPS) is 17.8. The molecule has 0 aliphatic carbocycles. The van der Waals surface area contributed by atoms with Crippen molar-refractivity contribution in [1.82, 2.24) is 10.2 Å². The lowest BCUT2D eigenvalue weighted by atomic mass is 10.1.